The van der Waals surface area contributed by atoms with Gasteiger partial charge >= 0.3 is 5.97 Å². The van der Waals surface area contributed by atoms with E-state index in [1.165, 1.54) is 24.5 Å². The van der Waals surface area contributed by atoms with Gasteiger partial charge in [-0.05, 0) is 24.3 Å². The number of hydrogen-bond donors (Lipinski definition) is 3. The Morgan fingerprint density at radius 1 is 1.23 bits per heavy atom. The SMILES string of the molecule is O=C(CC(NCc1ccco1)C(=O)O)Nc1ccccc1F. The van der Waals surface area contributed by atoms with Gasteiger partial charge in [0.05, 0.1) is 24.9 Å². The van der Waals surface area contributed by atoms with Crippen molar-refractivity contribution >= 4 is 17.6 Å². The number of hydrogen-bond acceptors (Lipinski definition) is 4. The van der Waals surface area contributed by atoms with Gasteiger partial charge in [0, 0.05) is 0 Å². The van der Waals surface area contributed by atoms with Crippen LogP contribution in [0.4, 0.5) is 10.1 Å². The fraction of sp³-hybridized carbons (Fsp3) is 0.200. The zero-order chi connectivity index (χ0) is 15.9. The number of amides is 1. The van der Waals surface area contributed by atoms with Crippen molar-refractivity contribution in [3.05, 3.63) is 54.2 Å². The average molecular weight is 306 g/mol. The van der Waals surface area contributed by atoms with Crippen molar-refractivity contribution < 1.29 is 23.5 Å². The fourth-order valence-electron chi connectivity index (χ4n) is 1.83. The molecule has 7 heteroatoms. The number of furan rings is 1. The van der Waals surface area contributed by atoms with Crippen LogP contribution in [0.2, 0.25) is 0 Å². The van der Waals surface area contributed by atoms with E-state index in [-0.39, 0.29) is 18.7 Å². The van der Waals surface area contributed by atoms with E-state index in [0.29, 0.717) is 5.76 Å². The highest BCUT2D eigenvalue weighted by atomic mass is 19.1. The number of rotatable bonds is 7. The van der Waals surface area contributed by atoms with E-state index < -0.39 is 23.7 Å². The average Bonchev–Trinajstić information content (AvgIpc) is 2.99. The molecular formula is C15H15FN2O4. The number of halogens is 1. The van der Waals surface area contributed by atoms with Crippen LogP contribution in [0.3, 0.4) is 0 Å². The van der Waals surface area contributed by atoms with Crippen molar-refractivity contribution in [2.24, 2.45) is 0 Å². The smallest absolute Gasteiger partial charge is 0.321 e. The molecule has 1 aromatic heterocycles. The van der Waals surface area contributed by atoms with Gasteiger partial charge in [-0.1, -0.05) is 12.1 Å². The summed E-state index contributed by atoms with van der Waals surface area (Å²) in [6, 6.07) is 7.94. The zero-order valence-corrected chi connectivity index (χ0v) is 11.6. The standard InChI is InChI=1S/C15H15FN2O4/c16-11-5-1-2-6-12(11)18-14(19)8-13(15(20)21)17-9-10-4-3-7-22-10/h1-7,13,17H,8-9H2,(H,18,19)(H,20,21). The minimum atomic E-state index is -1.17. The topological polar surface area (TPSA) is 91.6 Å². The highest BCUT2D eigenvalue weighted by Crippen LogP contribution is 2.13. The lowest BCUT2D eigenvalue weighted by Crippen LogP contribution is -2.39. The number of anilines is 1. The van der Waals surface area contributed by atoms with Gasteiger partial charge in [-0.25, -0.2) is 4.39 Å². The Kier molecular flexibility index (Phi) is 5.26. The van der Waals surface area contributed by atoms with Crippen LogP contribution in [-0.4, -0.2) is 23.0 Å². The summed E-state index contributed by atoms with van der Waals surface area (Å²) in [4.78, 5) is 23.0. The predicted molar refractivity (Wildman–Crippen MR) is 76.6 cm³/mol. The maximum Gasteiger partial charge on any atom is 0.321 e. The number of nitrogens with one attached hydrogen (secondary N) is 2. The molecule has 1 unspecified atom stereocenters. The third-order valence-corrected chi connectivity index (χ3v) is 2.94. The molecule has 0 aliphatic rings. The lowest BCUT2D eigenvalue weighted by Gasteiger charge is -2.13. The van der Waals surface area contributed by atoms with Crippen LogP contribution >= 0.6 is 0 Å². The first-order chi connectivity index (χ1) is 10.6. The van der Waals surface area contributed by atoms with Gasteiger partial charge in [0.2, 0.25) is 5.91 Å². The van der Waals surface area contributed by atoms with Crippen LogP contribution in [0.1, 0.15) is 12.2 Å². The molecule has 0 radical (unpaired) electrons. The highest BCUT2D eigenvalue weighted by molar-refractivity contribution is 5.94. The van der Waals surface area contributed by atoms with Crippen LogP contribution in [0.15, 0.2) is 47.1 Å². The summed E-state index contributed by atoms with van der Waals surface area (Å²) in [5.41, 5.74) is 0.0164. The Morgan fingerprint density at radius 2 is 2.00 bits per heavy atom. The molecule has 2 rings (SSSR count). The Balaban J connectivity index is 1.91. The normalized spacial score (nSPS) is 11.9. The monoisotopic (exact) mass is 306 g/mol. The molecular weight excluding hydrogens is 291 g/mol. The van der Waals surface area contributed by atoms with Gasteiger partial charge in [-0.3, -0.25) is 14.9 Å². The summed E-state index contributed by atoms with van der Waals surface area (Å²) in [6.45, 7) is 0.178. The molecule has 1 aromatic carbocycles. The van der Waals surface area contributed by atoms with Gasteiger partial charge in [0.25, 0.3) is 0 Å². The zero-order valence-electron chi connectivity index (χ0n) is 11.6. The second kappa shape index (κ2) is 7.37. The number of carbonyl (C=O) groups excluding carboxylic acids is 1. The molecule has 0 saturated carbocycles. The summed E-state index contributed by atoms with van der Waals surface area (Å²) in [7, 11) is 0. The van der Waals surface area contributed by atoms with E-state index in [2.05, 4.69) is 10.6 Å². The highest BCUT2D eigenvalue weighted by Gasteiger charge is 2.21. The molecule has 3 N–H and O–H groups in total. The largest absolute Gasteiger partial charge is 0.480 e. The number of carboxylic acids is 1. The maximum atomic E-state index is 13.4. The predicted octanol–water partition coefficient (Wildman–Crippen LogP) is 1.99. The van der Waals surface area contributed by atoms with Crippen LogP contribution in [-0.2, 0) is 16.1 Å². The van der Waals surface area contributed by atoms with E-state index in [0.717, 1.165) is 0 Å². The van der Waals surface area contributed by atoms with Crippen molar-refractivity contribution in [1.82, 2.24) is 5.32 Å². The number of aliphatic carboxylic acids is 1. The fourth-order valence-corrected chi connectivity index (χ4v) is 1.83. The van der Waals surface area contributed by atoms with Crippen molar-refractivity contribution in [3.63, 3.8) is 0 Å². The number of carbonyl (C=O) groups is 2. The number of para-hydroxylation sites is 1. The molecule has 116 valence electrons. The van der Waals surface area contributed by atoms with Gasteiger partial charge in [-0.2, -0.15) is 0 Å². The van der Waals surface area contributed by atoms with Crippen molar-refractivity contribution in [3.8, 4) is 0 Å². The first kappa shape index (κ1) is 15.7. The van der Waals surface area contributed by atoms with Crippen LogP contribution in [0.25, 0.3) is 0 Å². The van der Waals surface area contributed by atoms with Gasteiger partial charge < -0.3 is 14.8 Å². The number of carboxylic acid groups (broad SMARTS) is 1. The van der Waals surface area contributed by atoms with Crippen LogP contribution < -0.4 is 10.6 Å². The molecule has 0 fully saturated rings. The molecule has 1 atom stereocenters. The van der Waals surface area contributed by atoms with E-state index >= 15 is 0 Å². The van der Waals surface area contributed by atoms with Crippen LogP contribution in [0.5, 0.6) is 0 Å². The maximum absolute atomic E-state index is 13.4. The quantitative estimate of drug-likeness (QED) is 0.727. The summed E-state index contributed by atoms with van der Waals surface area (Å²) in [6.07, 6.45) is 1.14. The van der Waals surface area contributed by atoms with Crippen molar-refractivity contribution in [2.75, 3.05) is 5.32 Å². The first-order valence-corrected chi connectivity index (χ1v) is 6.59. The minimum absolute atomic E-state index is 0.0164. The first-order valence-electron chi connectivity index (χ1n) is 6.59. The Bertz CT molecular complexity index is 643. The van der Waals surface area contributed by atoms with E-state index in [4.69, 9.17) is 9.52 Å². The number of benzene rings is 1. The molecule has 1 amide bonds. The molecule has 1 heterocycles. The second-order valence-electron chi connectivity index (χ2n) is 4.58. The lowest BCUT2D eigenvalue weighted by molar-refractivity contribution is -0.141. The third-order valence-electron chi connectivity index (χ3n) is 2.94. The lowest BCUT2D eigenvalue weighted by atomic mass is 10.2. The molecule has 0 aliphatic heterocycles. The molecule has 6 nitrogen and oxygen atoms in total. The van der Waals surface area contributed by atoms with Gasteiger partial charge in [0.1, 0.15) is 17.6 Å². The van der Waals surface area contributed by atoms with E-state index in [1.807, 2.05) is 0 Å². The molecule has 0 spiro atoms. The molecule has 2 aromatic rings. The minimum Gasteiger partial charge on any atom is -0.480 e. The summed E-state index contributed by atoms with van der Waals surface area (Å²) < 4.78 is 18.5. The molecule has 0 saturated heterocycles. The summed E-state index contributed by atoms with van der Waals surface area (Å²) in [5, 5.41) is 14.2. The molecule has 22 heavy (non-hydrogen) atoms. The molecule has 0 aliphatic carbocycles. The van der Waals surface area contributed by atoms with E-state index in [1.54, 1.807) is 18.2 Å². The van der Waals surface area contributed by atoms with Crippen molar-refractivity contribution in [1.29, 1.82) is 0 Å². The van der Waals surface area contributed by atoms with Crippen LogP contribution in [0, 0.1) is 5.82 Å². The second-order valence-corrected chi connectivity index (χ2v) is 4.58. The molecule has 0 bridgehead atoms. The Hall–Kier alpha value is -2.67. The van der Waals surface area contributed by atoms with E-state index in [9.17, 15) is 14.0 Å². The van der Waals surface area contributed by atoms with Crippen molar-refractivity contribution in [2.45, 2.75) is 19.0 Å². The third kappa shape index (κ3) is 4.42. The Morgan fingerprint density at radius 3 is 2.64 bits per heavy atom. The van der Waals surface area contributed by atoms with Gasteiger partial charge in [-0.15, -0.1) is 0 Å². The summed E-state index contributed by atoms with van der Waals surface area (Å²) in [5.74, 6) is -1.79. The Labute approximate surface area is 125 Å². The summed E-state index contributed by atoms with van der Waals surface area (Å²) >= 11 is 0. The van der Waals surface area contributed by atoms with Gasteiger partial charge in [0.15, 0.2) is 0 Å².